The van der Waals surface area contributed by atoms with E-state index in [0.29, 0.717) is 6.54 Å². The summed E-state index contributed by atoms with van der Waals surface area (Å²) < 4.78 is 0. The first kappa shape index (κ1) is 14.5. The van der Waals surface area contributed by atoms with E-state index < -0.39 is 24.6 Å². The Kier molecular flexibility index (Phi) is 5.11. The molecule has 0 aliphatic carbocycles. The molecule has 0 bridgehead atoms. The van der Waals surface area contributed by atoms with Crippen LogP contribution in [0.2, 0.25) is 0 Å². The second-order valence-electron chi connectivity index (χ2n) is 3.85. The van der Waals surface area contributed by atoms with Crippen LogP contribution >= 0.6 is 11.3 Å². The SMILES string of the molecule is Cc1cc(CNC(=O)N[C@H](CO)C(=O)O)sc1C. The number of aryl methyl sites for hydroxylation is 2. The molecule has 1 rings (SSSR count). The van der Waals surface area contributed by atoms with Crippen LogP contribution in [0.1, 0.15) is 15.3 Å². The molecule has 7 heteroatoms. The highest BCUT2D eigenvalue weighted by atomic mass is 32.1. The van der Waals surface area contributed by atoms with Crippen molar-refractivity contribution in [2.75, 3.05) is 6.61 Å². The van der Waals surface area contributed by atoms with Crippen LogP contribution in [0.3, 0.4) is 0 Å². The predicted octanol–water partition coefficient (Wildman–Crippen LogP) is 0.610. The summed E-state index contributed by atoms with van der Waals surface area (Å²) in [6, 6.07) is 0.0815. The highest BCUT2D eigenvalue weighted by Crippen LogP contribution is 2.20. The van der Waals surface area contributed by atoms with Crippen LogP contribution in [0, 0.1) is 13.8 Å². The van der Waals surface area contributed by atoms with Crippen molar-refractivity contribution in [3.05, 3.63) is 21.4 Å². The number of amides is 2. The predicted molar refractivity (Wildman–Crippen MR) is 67.7 cm³/mol. The highest BCUT2D eigenvalue weighted by molar-refractivity contribution is 7.12. The summed E-state index contributed by atoms with van der Waals surface area (Å²) in [6.45, 7) is 3.68. The van der Waals surface area contributed by atoms with Crippen LogP contribution in [-0.4, -0.2) is 34.9 Å². The van der Waals surface area contributed by atoms with Crippen LogP contribution in [0.15, 0.2) is 6.07 Å². The number of rotatable bonds is 5. The Bertz CT molecular complexity index is 425. The van der Waals surface area contributed by atoms with Gasteiger partial charge in [0.25, 0.3) is 0 Å². The first-order valence-electron chi connectivity index (χ1n) is 5.38. The summed E-state index contributed by atoms with van der Waals surface area (Å²) in [5.41, 5.74) is 1.16. The van der Waals surface area contributed by atoms with Crippen LogP contribution in [-0.2, 0) is 11.3 Å². The molecule has 6 nitrogen and oxygen atoms in total. The topological polar surface area (TPSA) is 98.7 Å². The number of carbonyl (C=O) groups excluding carboxylic acids is 1. The van der Waals surface area contributed by atoms with Crippen LogP contribution < -0.4 is 10.6 Å². The van der Waals surface area contributed by atoms with Crippen molar-refractivity contribution >= 4 is 23.3 Å². The maximum atomic E-state index is 11.4. The van der Waals surface area contributed by atoms with Gasteiger partial charge in [-0.1, -0.05) is 0 Å². The molecule has 18 heavy (non-hydrogen) atoms. The van der Waals surface area contributed by atoms with Crippen LogP contribution in [0.5, 0.6) is 0 Å². The molecule has 0 unspecified atom stereocenters. The van der Waals surface area contributed by atoms with Gasteiger partial charge in [-0.25, -0.2) is 9.59 Å². The number of nitrogens with one attached hydrogen (secondary N) is 2. The van der Waals surface area contributed by atoms with E-state index in [4.69, 9.17) is 10.2 Å². The number of hydrogen-bond donors (Lipinski definition) is 4. The van der Waals surface area contributed by atoms with Gasteiger partial charge in [-0.05, 0) is 25.5 Å². The van der Waals surface area contributed by atoms with E-state index in [0.717, 1.165) is 10.4 Å². The fourth-order valence-electron chi connectivity index (χ4n) is 1.30. The lowest BCUT2D eigenvalue weighted by Crippen LogP contribution is -2.47. The minimum atomic E-state index is -1.28. The molecule has 0 saturated carbocycles. The molecule has 1 atom stereocenters. The van der Waals surface area contributed by atoms with Crippen molar-refractivity contribution in [2.45, 2.75) is 26.4 Å². The van der Waals surface area contributed by atoms with Crippen molar-refractivity contribution in [3.63, 3.8) is 0 Å². The minimum Gasteiger partial charge on any atom is -0.480 e. The van der Waals surface area contributed by atoms with Crippen LogP contribution in [0.25, 0.3) is 0 Å². The lowest BCUT2D eigenvalue weighted by atomic mass is 10.3. The van der Waals surface area contributed by atoms with E-state index in [1.807, 2.05) is 19.9 Å². The van der Waals surface area contributed by atoms with E-state index in [-0.39, 0.29) is 0 Å². The number of thiophene rings is 1. The Morgan fingerprint density at radius 3 is 2.56 bits per heavy atom. The molecule has 0 fully saturated rings. The number of carboxylic acid groups (broad SMARTS) is 1. The summed E-state index contributed by atoms with van der Waals surface area (Å²) in [7, 11) is 0. The van der Waals surface area contributed by atoms with Gasteiger partial charge in [0.1, 0.15) is 0 Å². The van der Waals surface area contributed by atoms with Crippen molar-refractivity contribution in [1.29, 1.82) is 0 Å². The first-order valence-corrected chi connectivity index (χ1v) is 6.19. The van der Waals surface area contributed by atoms with Crippen molar-refractivity contribution in [3.8, 4) is 0 Å². The fourth-order valence-corrected chi connectivity index (χ4v) is 2.29. The standard InChI is InChI=1S/C11H16N2O4S/c1-6-3-8(18-7(6)2)4-12-11(17)13-9(5-14)10(15)16/h3,9,14H,4-5H2,1-2H3,(H,15,16)(H2,12,13,17)/t9-/m1/s1. The smallest absolute Gasteiger partial charge is 0.328 e. The summed E-state index contributed by atoms with van der Waals surface area (Å²) in [5.74, 6) is -1.27. The zero-order chi connectivity index (χ0) is 13.7. The Morgan fingerprint density at radius 1 is 1.44 bits per heavy atom. The molecule has 1 heterocycles. The van der Waals surface area contributed by atoms with Gasteiger partial charge >= 0.3 is 12.0 Å². The maximum absolute atomic E-state index is 11.4. The quantitative estimate of drug-likeness (QED) is 0.631. The first-order chi connectivity index (χ1) is 8.43. The fraction of sp³-hybridized carbons (Fsp3) is 0.455. The van der Waals surface area contributed by atoms with Crippen LogP contribution in [0.4, 0.5) is 4.79 Å². The summed E-state index contributed by atoms with van der Waals surface area (Å²) >= 11 is 1.58. The lowest BCUT2D eigenvalue weighted by molar-refractivity contribution is -0.140. The summed E-state index contributed by atoms with van der Waals surface area (Å²) in [5, 5.41) is 22.1. The van der Waals surface area contributed by atoms with E-state index in [1.165, 1.54) is 4.88 Å². The van der Waals surface area contributed by atoms with E-state index in [9.17, 15) is 9.59 Å². The van der Waals surface area contributed by atoms with Gasteiger partial charge in [0.15, 0.2) is 6.04 Å². The molecule has 100 valence electrons. The summed E-state index contributed by atoms with van der Waals surface area (Å²) in [6.07, 6.45) is 0. The molecule has 0 spiro atoms. The Morgan fingerprint density at radius 2 is 2.11 bits per heavy atom. The molecule has 0 aliphatic heterocycles. The zero-order valence-corrected chi connectivity index (χ0v) is 11.0. The Hall–Kier alpha value is -1.60. The van der Waals surface area contributed by atoms with Gasteiger partial charge in [0.05, 0.1) is 13.2 Å². The number of hydrogen-bond acceptors (Lipinski definition) is 4. The molecule has 1 aromatic rings. The number of aliphatic hydroxyl groups is 1. The normalized spacial score (nSPS) is 11.9. The highest BCUT2D eigenvalue weighted by Gasteiger charge is 2.18. The molecule has 0 saturated heterocycles. The minimum absolute atomic E-state index is 0.336. The Labute approximate surface area is 109 Å². The number of carbonyl (C=O) groups is 2. The molecule has 4 N–H and O–H groups in total. The number of aliphatic carboxylic acids is 1. The van der Waals surface area contributed by atoms with Gasteiger partial charge < -0.3 is 20.8 Å². The van der Waals surface area contributed by atoms with Crippen molar-refractivity contribution in [1.82, 2.24) is 10.6 Å². The Balaban J connectivity index is 2.44. The summed E-state index contributed by atoms with van der Waals surface area (Å²) in [4.78, 5) is 24.2. The average molecular weight is 272 g/mol. The average Bonchev–Trinajstić information content (AvgIpc) is 2.63. The molecule has 0 radical (unpaired) electrons. The zero-order valence-electron chi connectivity index (χ0n) is 10.2. The third kappa shape index (κ3) is 4.01. The number of aliphatic hydroxyl groups excluding tert-OH is 1. The second-order valence-corrected chi connectivity index (χ2v) is 5.19. The van der Waals surface area contributed by atoms with Gasteiger partial charge in [-0.15, -0.1) is 11.3 Å². The van der Waals surface area contributed by atoms with E-state index in [2.05, 4.69) is 10.6 Å². The molecular formula is C11H16N2O4S. The van der Waals surface area contributed by atoms with E-state index in [1.54, 1.807) is 11.3 Å². The van der Waals surface area contributed by atoms with Gasteiger partial charge in [0.2, 0.25) is 0 Å². The second kappa shape index (κ2) is 6.36. The molecule has 0 aromatic carbocycles. The molecular weight excluding hydrogens is 256 g/mol. The van der Waals surface area contributed by atoms with Gasteiger partial charge in [0, 0.05) is 9.75 Å². The van der Waals surface area contributed by atoms with Crippen molar-refractivity contribution in [2.24, 2.45) is 0 Å². The monoisotopic (exact) mass is 272 g/mol. The largest absolute Gasteiger partial charge is 0.480 e. The van der Waals surface area contributed by atoms with E-state index >= 15 is 0 Å². The molecule has 2 amide bonds. The third-order valence-electron chi connectivity index (χ3n) is 2.43. The van der Waals surface area contributed by atoms with Gasteiger partial charge in [-0.3, -0.25) is 0 Å². The third-order valence-corrected chi connectivity index (χ3v) is 3.58. The molecule has 0 aliphatic rings. The number of urea groups is 1. The lowest BCUT2D eigenvalue weighted by Gasteiger charge is -2.12. The number of carboxylic acids is 1. The van der Waals surface area contributed by atoms with Crippen molar-refractivity contribution < 1.29 is 19.8 Å². The van der Waals surface area contributed by atoms with Gasteiger partial charge in [-0.2, -0.15) is 0 Å². The molecule has 1 aromatic heterocycles. The maximum Gasteiger partial charge on any atom is 0.328 e.